The molecule has 0 aromatic carbocycles. The Kier molecular flexibility index (Phi) is 3.94. The first-order valence-electron chi connectivity index (χ1n) is 4.46. The van der Waals surface area contributed by atoms with Crippen molar-refractivity contribution < 1.29 is 14.9 Å². The molecule has 0 saturated carbocycles. The summed E-state index contributed by atoms with van der Waals surface area (Å²) in [6.45, 7) is 3.78. The van der Waals surface area contributed by atoms with Crippen LogP contribution in [0.2, 0.25) is 0 Å². The molecule has 4 heteroatoms. The standard InChI is InChI=1S/C8H17NO3/c1-2-12-8(11)9-5-3-7(10)4-6-9/h7-8,10-11H,2-6H2,1H3. The Hall–Kier alpha value is -0.160. The smallest absolute Gasteiger partial charge is 0.216 e. The molecule has 0 aliphatic carbocycles. The van der Waals surface area contributed by atoms with Crippen molar-refractivity contribution in [3.63, 3.8) is 0 Å². The Balaban J connectivity index is 2.24. The second kappa shape index (κ2) is 4.77. The van der Waals surface area contributed by atoms with Crippen LogP contribution in [0.15, 0.2) is 0 Å². The van der Waals surface area contributed by atoms with Gasteiger partial charge in [-0.1, -0.05) is 0 Å². The molecule has 72 valence electrons. The van der Waals surface area contributed by atoms with E-state index < -0.39 is 6.41 Å². The summed E-state index contributed by atoms with van der Waals surface area (Å²) in [5.41, 5.74) is 0. The lowest BCUT2D eigenvalue weighted by Crippen LogP contribution is -2.44. The zero-order valence-electron chi connectivity index (χ0n) is 7.44. The zero-order chi connectivity index (χ0) is 8.97. The van der Waals surface area contributed by atoms with E-state index in [9.17, 15) is 10.2 Å². The minimum Gasteiger partial charge on any atom is -0.393 e. The van der Waals surface area contributed by atoms with Crippen LogP contribution in [-0.4, -0.2) is 47.3 Å². The molecule has 2 N–H and O–H groups in total. The summed E-state index contributed by atoms with van der Waals surface area (Å²) in [5.74, 6) is 0. The van der Waals surface area contributed by atoms with E-state index in [2.05, 4.69) is 0 Å². The van der Waals surface area contributed by atoms with Gasteiger partial charge >= 0.3 is 0 Å². The molecular formula is C8H17NO3. The highest BCUT2D eigenvalue weighted by atomic mass is 16.6. The Bertz CT molecular complexity index is 123. The highest BCUT2D eigenvalue weighted by molar-refractivity contribution is 4.69. The highest BCUT2D eigenvalue weighted by Gasteiger charge is 2.22. The van der Waals surface area contributed by atoms with Gasteiger partial charge < -0.3 is 14.9 Å². The van der Waals surface area contributed by atoms with Gasteiger partial charge in [-0.2, -0.15) is 0 Å². The third kappa shape index (κ3) is 2.71. The molecule has 1 rings (SSSR count). The van der Waals surface area contributed by atoms with Crippen LogP contribution < -0.4 is 0 Å². The van der Waals surface area contributed by atoms with Crippen LogP contribution in [-0.2, 0) is 4.74 Å². The van der Waals surface area contributed by atoms with E-state index in [1.54, 1.807) is 0 Å². The summed E-state index contributed by atoms with van der Waals surface area (Å²) in [6, 6.07) is 0. The van der Waals surface area contributed by atoms with Gasteiger partial charge in [-0.25, -0.2) is 0 Å². The molecule has 1 aliphatic rings. The molecule has 1 heterocycles. The molecule has 1 atom stereocenters. The van der Waals surface area contributed by atoms with Crippen molar-refractivity contribution in [2.45, 2.75) is 32.3 Å². The molecule has 0 amide bonds. The van der Waals surface area contributed by atoms with Crippen LogP contribution in [0.3, 0.4) is 0 Å². The van der Waals surface area contributed by atoms with E-state index in [0.717, 1.165) is 12.8 Å². The molecule has 0 spiro atoms. The number of nitrogens with zero attached hydrogens (tertiary/aromatic N) is 1. The van der Waals surface area contributed by atoms with Crippen LogP contribution in [0.4, 0.5) is 0 Å². The number of likely N-dealkylation sites (tertiary alicyclic amines) is 1. The Morgan fingerprint density at radius 3 is 2.58 bits per heavy atom. The van der Waals surface area contributed by atoms with Gasteiger partial charge in [-0.15, -0.1) is 0 Å². The van der Waals surface area contributed by atoms with Crippen molar-refractivity contribution in [3.05, 3.63) is 0 Å². The second-order valence-corrected chi connectivity index (χ2v) is 3.05. The fourth-order valence-corrected chi connectivity index (χ4v) is 1.36. The van der Waals surface area contributed by atoms with Crippen LogP contribution in [0, 0.1) is 0 Å². The highest BCUT2D eigenvalue weighted by Crippen LogP contribution is 2.12. The van der Waals surface area contributed by atoms with Gasteiger partial charge in [-0.3, -0.25) is 4.90 Å². The average molecular weight is 175 g/mol. The summed E-state index contributed by atoms with van der Waals surface area (Å²) in [7, 11) is 0. The molecule has 0 aromatic heterocycles. The molecule has 1 fully saturated rings. The van der Waals surface area contributed by atoms with Crippen molar-refractivity contribution in [2.24, 2.45) is 0 Å². The summed E-state index contributed by atoms with van der Waals surface area (Å²) in [5, 5.41) is 18.6. The van der Waals surface area contributed by atoms with Gasteiger partial charge in [0.2, 0.25) is 6.41 Å². The number of aliphatic hydroxyl groups excluding tert-OH is 2. The number of hydrogen-bond acceptors (Lipinski definition) is 4. The number of rotatable bonds is 3. The first-order chi connectivity index (χ1) is 5.74. The van der Waals surface area contributed by atoms with E-state index in [0.29, 0.717) is 19.7 Å². The molecule has 1 unspecified atom stereocenters. The van der Waals surface area contributed by atoms with Gasteiger partial charge in [0.1, 0.15) is 0 Å². The van der Waals surface area contributed by atoms with Gasteiger partial charge in [0, 0.05) is 19.7 Å². The monoisotopic (exact) mass is 175 g/mol. The third-order valence-electron chi connectivity index (χ3n) is 2.13. The quantitative estimate of drug-likeness (QED) is 0.581. The van der Waals surface area contributed by atoms with Crippen LogP contribution in [0.5, 0.6) is 0 Å². The summed E-state index contributed by atoms with van der Waals surface area (Å²) < 4.78 is 5.02. The first kappa shape index (κ1) is 9.92. The molecule has 1 aliphatic heterocycles. The number of ether oxygens (including phenoxy) is 1. The predicted molar refractivity (Wildman–Crippen MR) is 44.4 cm³/mol. The molecule has 0 aromatic rings. The summed E-state index contributed by atoms with van der Waals surface area (Å²) >= 11 is 0. The zero-order valence-corrected chi connectivity index (χ0v) is 7.44. The Labute approximate surface area is 72.7 Å². The normalized spacial score (nSPS) is 24.2. The van der Waals surface area contributed by atoms with Crippen molar-refractivity contribution >= 4 is 0 Å². The van der Waals surface area contributed by atoms with Crippen LogP contribution >= 0.6 is 0 Å². The number of hydrogen-bond donors (Lipinski definition) is 2. The minimum atomic E-state index is -0.789. The van der Waals surface area contributed by atoms with Crippen LogP contribution in [0.1, 0.15) is 19.8 Å². The number of piperidine rings is 1. The Morgan fingerprint density at radius 1 is 1.50 bits per heavy atom. The van der Waals surface area contributed by atoms with Gasteiger partial charge in [0.05, 0.1) is 6.10 Å². The van der Waals surface area contributed by atoms with Gasteiger partial charge in [0.25, 0.3) is 0 Å². The molecule has 12 heavy (non-hydrogen) atoms. The van der Waals surface area contributed by atoms with Crippen LogP contribution in [0.25, 0.3) is 0 Å². The Morgan fingerprint density at radius 2 is 2.08 bits per heavy atom. The van der Waals surface area contributed by atoms with Crippen molar-refractivity contribution in [3.8, 4) is 0 Å². The topological polar surface area (TPSA) is 52.9 Å². The molecule has 0 bridgehead atoms. The van der Waals surface area contributed by atoms with E-state index in [1.165, 1.54) is 0 Å². The molecule has 4 nitrogen and oxygen atoms in total. The van der Waals surface area contributed by atoms with E-state index in [4.69, 9.17) is 4.74 Å². The summed E-state index contributed by atoms with van der Waals surface area (Å²) in [6.07, 6.45) is 0.464. The third-order valence-corrected chi connectivity index (χ3v) is 2.13. The first-order valence-corrected chi connectivity index (χ1v) is 4.46. The maximum atomic E-state index is 9.38. The van der Waals surface area contributed by atoms with E-state index in [-0.39, 0.29) is 6.10 Å². The molecule has 1 saturated heterocycles. The average Bonchev–Trinajstić information content (AvgIpc) is 2.06. The fourth-order valence-electron chi connectivity index (χ4n) is 1.36. The second-order valence-electron chi connectivity index (χ2n) is 3.05. The number of aliphatic hydroxyl groups is 2. The van der Waals surface area contributed by atoms with E-state index in [1.807, 2.05) is 11.8 Å². The minimum absolute atomic E-state index is 0.199. The molecular weight excluding hydrogens is 158 g/mol. The lowest BCUT2D eigenvalue weighted by atomic mass is 10.1. The molecule has 0 radical (unpaired) electrons. The largest absolute Gasteiger partial charge is 0.393 e. The fraction of sp³-hybridized carbons (Fsp3) is 1.00. The maximum absolute atomic E-state index is 9.38. The van der Waals surface area contributed by atoms with E-state index >= 15 is 0 Å². The van der Waals surface area contributed by atoms with Gasteiger partial charge in [0.15, 0.2) is 0 Å². The maximum Gasteiger partial charge on any atom is 0.216 e. The lowest BCUT2D eigenvalue weighted by Gasteiger charge is -2.32. The van der Waals surface area contributed by atoms with Crippen molar-refractivity contribution in [1.82, 2.24) is 4.90 Å². The lowest BCUT2D eigenvalue weighted by molar-refractivity contribution is -0.199. The predicted octanol–water partition coefficient (Wildman–Crippen LogP) is -0.245. The van der Waals surface area contributed by atoms with Crippen molar-refractivity contribution in [2.75, 3.05) is 19.7 Å². The SMILES string of the molecule is CCOC(O)N1CCC(O)CC1. The summed E-state index contributed by atoms with van der Waals surface area (Å²) in [4.78, 5) is 1.83. The van der Waals surface area contributed by atoms with Gasteiger partial charge in [-0.05, 0) is 19.8 Å². The van der Waals surface area contributed by atoms with Crippen molar-refractivity contribution in [1.29, 1.82) is 0 Å².